The van der Waals surface area contributed by atoms with Gasteiger partial charge in [-0.15, -0.1) is 0 Å². The number of benzene rings is 1. The lowest BCUT2D eigenvalue weighted by Crippen LogP contribution is -2.24. The number of halogens is 3. The number of rotatable bonds is 2. The van der Waals surface area contributed by atoms with Gasteiger partial charge in [0.25, 0.3) is 0 Å². The molecular formula is C14H18ClF2N. The topological polar surface area (TPSA) is 12.0 Å². The van der Waals surface area contributed by atoms with Gasteiger partial charge in [-0.05, 0) is 43.4 Å². The van der Waals surface area contributed by atoms with Gasteiger partial charge in [0.1, 0.15) is 0 Å². The van der Waals surface area contributed by atoms with E-state index in [1.807, 2.05) is 6.92 Å². The number of hydrogen-bond acceptors (Lipinski definition) is 1. The van der Waals surface area contributed by atoms with Gasteiger partial charge in [-0.1, -0.05) is 25.4 Å². The zero-order valence-corrected chi connectivity index (χ0v) is 11.5. The summed E-state index contributed by atoms with van der Waals surface area (Å²) in [7, 11) is 0. The largest absolute Gasteiger partial charge is 0.310 e. The van der Waals surface area contributed by atoms with Crippen molar-refractivity contribution in [3.63, 3.8) is 0 Å². The van der Waals surface area contributed by atoms with Crippen LogP contribution in [0.2, 0.25) is 5.02 Å². The highest BCUT2D eigenvalue weighted by Gasteiger charge is 2.28. The Morgan fingerprint density at radius 3 is 2.83 bits per heavy atom. The maximum absolute atomic E-state index is 14.1. The van der Waals surface area contributed by atoms with Gasteiger partial charge in [0, 0.05) is 16.6 Å². The van der Waals surface area contributed by atoms with Crippen LogP contribution in [0.15, 0.2) is 6.07 Å². The lowest BCUT2D eigenvalue weighted by molar-refractivity contribution is 0.399. The molecule has 1 nitrogen and oxygen atoms in total. The van der Waals surface area contributed by atoms with E-state index in [4.69, 9.17) is 11.6 Å². The van der Waals surface area contributed by atoms with Crippen LogP contribution in [0.25, 0.3) is 0 Å². The molecular weight excluding hydrogens is 256 g/mol. The Balaban J connectivity index is 2.54. The van der Waals surface area contributed by atoms with Gasteiger partial charge in [-0.25, -0.2) is 8.78 Å². The van der Waals surface area contributed by atoms with E-state index in [0.29, 0.717) is 22.9 Å². The second-order valence-corrected chi connectivity index (χ2v) is 5.44. The average Bonchev–Trinajstić information content (AvgIpc) is 2.47. The van der Waals surface area contributed by atoms with Gasteiger partial charge in [-0.2, -0.15) is 0 Å². The molecule has 0 aliphatic heterocycles. The quantitative estimate of drug-likeness (QED) is 0.628. The van der Waals surface area contributed by atoms with Gasteiger partial charge in [0.15, 0.2) is 11.6 Å². The maximum atomic E-state index is 14.1. The third kappa shape index (κ3) is 2.52. The van der Waals surface area contributed by atoms with Crippen LogP contribution in [0.1, 0.15) is 43.9 Å². The molecule has 2 unspecified atom stereocenters. The Bertz CT molecular complexity index is 448. The zero-order chi connectivity index (χ0) is 13.3. The summed E-state index contributed by atoms with van der Waals surface area (Å²) in [5.41, 5.74) is 1.21. The summed E-state index contributed by atoms with van der Waals surface area (Å²) in [5.74, 6) is -1.12. The van der Waals surface area contributed by atoms with Crippen LogP contribution < -0.4 is 5.32 Å². The predicted molar refractivity (Wildman–Crippen MR) is 69.9 cm³/mol. The van der Waals surface area contributed by atoms with E-state index in [1.165, 1.54) is 0 Å². The number of nitrogens with one attached hydrogen (secondary N) is 1. The first-order chi connectivity index (χ1) is 8.54. The number of hydrogen-bond donors (Lipinski definition) is 1. The molecule has 0 bridgehead atoms. The molecule has 18 heavy (non-hydrogen) atoms. The van der Waals surface area contributed by atoms with Crippen LogP contribution in [0.4, 0.5) is 8.78 Å². The van der Waals surface area contributed by atoms with E-state index in [2.05, 4.69) is 12.2 Å². The minimum atomic E-state index is -0.851. The second kappa shape index (κ2) is 5.54. The summed E-state index contributed by atoms with van der Waals surface area (Å²) in [4.78, 5) is 0. The minimum absolute atomic E-state index is 0.143. The smallest absolute Gasteiger partial charge is 0.163 e. The van der Waals surface area contributed by atoms with Crippen LogP contribution in [-0.2, 0) is 6.42 Å². The molecule has 0 radical (unpaired) electrons. The molecule has 0 spiro atoms. The zero-order valence-electron chi connectivity index (χ0n) is 10.7. The molecule has 2 atom stereocenters. The minimum Gasteiger partial charge on any atom is -0.310 e. The molecule has 0 heterocycles. The van der Waals surface area contributed by atoms with E-state index in [-0.39, 0.29) is 6.04 Å². The Morgan fingerprint density at radius 1 is 1.44 bits per heavy atom. The molecule has 0 amide bonds. The standard InChI is InChI=1S/C14H18ClF2N/c1-3-18-12-6-8(2)4-5-9-10(15)7-11(16)14(17)13(9)12/h7-8,12,18H,3-6H2,1-2H3. The highest BCUT2D eigenvalue weighted by Crippen LogP contribution is 2.37. The van der Waals surface area contributed by atoms with Gasteiger partial charge in [0.05, 0.1) is 0 Å². The van der Waals surface area contributed by atoms with E-state index >= 15 is 0 Å². The molecule has 4 heteroatoms. The first kappa shape index (κ1) is 13.8. The third-order valence-corrected chi connectivity index (χ3v) is 3.97. The monoisotopic (exact) mass is 273 g/mol. The summed E-state index contributed by atoms with van der Waals surface area (Å²) in [6, 6.07) is 0.949. The molecule has 1 aromatic rings. The number of fused-ring (bicyclic) bond motifs is 1. The summed E-state index contributed by atoms with van der Waals surface area (Å²) in [6.45, 7) is 4.83. The van der Waals surface area contributed by atoms with Crippen molar-refractivity contribution in [3.05, 3.63) is 33.9 Å². The van der Waals surface area contributed by atoms with Crippen molar-refractivity contribution in [1.82, 2.24) is 5.32 Å². The summed E-state index contributed by atoms with van der Waals surface area (Å²) in [5, 5.41) is 3.59. The van der Waals surface area contributed by atoms with Crippen molar-refractivity contribution < 1.29 is 8.78 Å². The summed E-state index contributed by atoms with van der Waals surface area (Å²) in [6.07, 6.45) is 2.49. The Morgan fingerprint density at radius 2 is 2.17 bits per heavy atom. The molecule has 1 aliphatic carbocycles. The molecule has 0 aromatic heterocycles. The Kier molecular flexibility index (Phi) is 4.23. The SMILES string of the molecule is CCNC1CC(C)CCc2c(Cl)cc(F)c(F)c21. The maximum Gasteiger partial charge on any atom is 0.163 e. The average molecular weight is 274 g/mol. The molecule has 2 rings (SSSR count). The highest BCUT2D eigenvalue weighted by molar-refractivity contribution is 6.31. The summed E-state index contributed by atoms with van der Waals surface area (Å²) >= 11 is 6.07. The molecule has 1 aromatic carbocycles. The van der Waals surface area contributed by atoms with Crippen molar-refractivity contribution in [2.24, 2.45) is 5.92 Å². The van der Waals surface area contributed by atoms with Crippen molar-refractivity contribution in [3.8, 4) is 0 Å². The van der Waals surface area contributed by atoms with Crippen LogP contribution in [-0.4, -0.2) is 6.54 Å². The van der Waals surface area contributed by atoms with E-state index in [9.17, 15) is 8.78 Å². The van der Waals surface area contributed by atoms with Gasteiger partial charge in [0.2, 0.25) is 0 Å². The van der Waals surface area contributed by atoms with Crippen LogP contribution >= 0.6 is 11.6 Å². The van der Waals surface area contributed by atoms with Crippen LogP contribution in [0.5, 0.6) is 0 Å². The summed E-state index contributed by atoms with van der Waals surface area (Å²) < 4.78 is 27.6. The molecule has 0 saturated carbocycles. The third-order valence-electron chi connectivity index (χ3n) is 3.64. The van der Waals surface area contributed by atoms with Crippen molar-refractivity contribution >= 4 is 11.6 Å². The van der Waals surface area contributed by atoms with Crippen molar-refractivity contribution in [1.29, 1.82) is 0 Å². The van der Waals surface area contributed by atoms with E-state index < -0.39 is 11.6 Å². The van der Waals surface area contributed by atoms with Crippen molar-refractivity contribution in [2.75, 3.05) is 6.54 Å². The predicted octanol–water partition coefficient (Wildman–Crippen LogP) is 4.24. The van der Waals surface area contributed by atoms with Gasteiger partial charge < -0.3 is 5.32 Å². The van der Waals surface area contributed by atoms with Gasteiger partial charge in [-0.3, -0.25) is 0 Å². The van der Waals surface area contributed by atoms with E-state index in [1.54, 1.807) is 0 Å². The first-order valence-corrected chi connectivity index (χ1v) is 6.82. The molecule has 100 valence electrons. The fourth-order valence-corrected chi connectivity index (χ4v) is 3.02. The highest BCUT2D eigenvalue weighted by atomic mass is 35.5. The van der Waals surface area contributed by atoms with Crippen LogP contribution in [0.3, 0.4) is 0 Å². The molecule has 0 saturated heterocycles. The fourth-order valence-electron chi connectivity index (χ4n) is 2.73. The fraction of sp³-hybridized carbons (Fsp3) is 0.571. The normalized spacial score (nSPS) is 23.6. The first-order valence-electron chi connectivity index (χ1n) is 6.44. The van der Waals surface area contributed by atoms with Gasteiger partial charge >= 0.3 is 0 Å². The lowest BCUT2D eigenvalue weighted by Gasteiger charge is -2.21. The molecule has 0 fully saturated rings. The molecule has 1 N–H and O–H groups in total. The second-order valence-electron chi connectivity index (χ2n) is 5.04. The van der Waals surface area contributed by atoms with E-state index in [0.717, 1.165) is 31.0 Å². The van der Waals surface area contributed by atoms with Crippen molar-refractivity contribution in [2.45, 2.75) is 39.2 Å². The molecule has 1 aliphatic rings. The lowest BCUT2D eigenvalue weighted by atomic mass is 9.96. The Hall–Kier alpha value is -0.670. The van der Waals surface area contributed by atoms with Crippen LogP contribution in [0, 0.1) is 17.6 Å². The Labute approximate surface area is 112 Å².